The van der Waals surface area contributed by atoms with Crippen molar-refractivity contribution >= 4 is 0 Å². The van der Waals surface area contributed by atoms with Crippen LogP contribution in [-0.2, 0) is 26.1 Å². The Morgan fingerprint density at radius 1 is 1.09 bits per heavy atom. The first-order valence-electron chi connectivity index (χ1n) is 8.87. The average Bonchev–Trinajstić information content (AvgIpc) is 3.34. The molecule has 0 amide bonds. The Morgan fingerprint density at radius 3 is 2.48 bits per heavy atom. The first-order chi connectivity index (χ1) is 11.3. The number of aromatic nitrogens is 4. The van der Waals surface area contributed by atoms with E-state index in [1.807, 2.05) is 4.68 Å². The molecule has 124 valence electrons. The molecule has 0 radical (unpaired) electrons. The van der Waals surface area contributed by atoms with Crippen LogP contribution in [0.4, 0.5) is 0 Å². The van der Waals surface area contributed by atoms with Gasteiger partial charge in [-0.15, -0.1) is 5.10 Å². The topological polar surface area (TPSA) is 46.8 Å². The Hall–Kier alpha value is -1.75. The van der Waals surface area contributed by atoms with Gasteiger partial charge in [-0.2, -0.15) is 0 Å². The van der Waals surface area contributed by atoms with Gasteiger partial charge in [0.1, 0.15) is 0 Å². The molecular weight excluding hydrogens is 286 g/mol. The van der Waals surface area contributed by atoms with Crippen LogP contribution in [0.1, 0.15) is 56.5 Å². The predicted molar refractivity (Wildman–Crippen MR) is 90.8 cm³/mol. The summed E-state index contributed by atoms with van der Waals surface area (Å²) in [4.78, 5) is 2.52. The molecule has 5 nitrogen and oxygen atoms in total. The summed E-state index contributed by atoms with van der Waals surface area (Å²) in [5.74, 6) is 0.996. The number of unbranched alkanes of at least 4 members (excludes halogenated alkanes) is 1. The minimum Gasteiger partial charge on any atom is -0.289 e. The highest BCUT2D eigenvalue weighted by Gasteiger charge is 2.30. The number of benzene rings is 1. The summed E-state index contributed by atoms with van der Waals surface area (Å²) in [6, 6.07) is 9.69. The summed E-state index contributed by atoms with van der Waals surface area (Å²) < 4.78 is 1.97. The van der Waals surface area contributed by atoms with Crippen LogP contribution in [0.5, 0.6) is 0 Å². The van der Waals surface area contributed by atoms with E-state index in [-0.39, 0.29) is 0 Å². The maximum atomic E-state index is 4.25. The summed E-state index contributed by atoms with van der Waals surface area (Å²) in [6.45, 7) is 7.14. The number of nitrogens with zero attached hydrogens (tertiary/aromatic N) is 5. The zero-order chi connectivity index (χ0) is 16.1. The van der Waals surface area contributed by atoms with Gasteiger partial charge in [0.2, 0.25) is 0 Å². The fourth-order valence-corrected chi connectivity index (χ4v) is 2.87. The van der Waals surface area contributed by atoms with Crippen molar-refractivity contribution in [1.29, 1.82) is 0 Å². The van der Waals surface area contributed by atoms with Crippen LogP contribution in [0.15, 0.2) is 24.3 Å². The van der Waals surface area contributed by atoms with Crippen LogP contribution < -0.4 is 0 Å². The second-order valence-corrected chi connectivity index (χ2v) is 6.48. The standard InChI is InChI=1S/C18H27N5/c1-3-5-12-23-18(19-20-21-23)14-22(17-10-11-17)13-16-8-6-15(4-2)7-9-16/h6-9,17H,3-5,10-14H2,1-2H3. The molecule has 1 heterocycles. The summed E-state index contributed by atoms with van der Waals surface area (Å²) in [5, 5.41) is 12.3. The first kappa shape index (κ1) is 16.1. The fraction of sp³-hybridized carbons (Fsp3) is 0.611. The van der Waals surface area contributed by atoms with Crippen molar-refractivity contribution in [2.24, 2.45) is 0 Å². The number of rotatable bonds is 9. The molecule has 2 aromatic rings. The monoisotopic (exact) mass is 313 g/mol. The second kappa shape index (κ2) is 7.68. The van der Waals surface area contributed by atoms with E-state index in [2.05, 4.69) is 58.5 Å². The summed E-state index contributed by atoms with van der Waals surface area (Å²) >= 11 is 0. The first-order valence-corrected chi connectivity index (χ1v) is 8.87. The lowest BCUT2D eigenvalue weighted by Crippen LogP contribution is -2.27. The van der Waals surface area contributed by atoms with Crippen molar-refractivity contribution in [1.82, 2.24) is 25.1 Å². The highest BCUT2D eigenvalue weighted by atomic mass is 15.5. The molecule has 1 aromatic heterocycles. The molecule has 0 spiro atoms. The highest BCUT2D eigenvalue weighted by molar-refractivity contribution is 5.22. The van der Waals surface area contributed by atoms with Crippen molar-refractivity contribution < 1.29 is 0 Å². The lowest BCUT2D eigenvalue weighted by Gasteiger charge is -2.21. The van der Waals surface area contributed by atoms with Crippen molar-refractivity contribution in [3.05, 3.63) is 41.2 Å². The van der Waals surface area contributed by atoms with Gasteiger partial charge in [0.25, 0.3) is 0 Å². The largest absolute Gasteiger partial charge is 0.289 e. The molecule has 1 aliphatic carbocycles. The van der Waals surface area contributed by atoms with Gasteiger partial charge in [-0.05, 0) is 47.2 Å². The van der Waals surface area contributed by atoms with E-state index in [1.165, 1.54) is 24.0 Å². The van der Waals surface area contributed by atoms with Crippen LogP contribution in [0.25, 0.3) is 0 Å². The molecule has 0 unspecified atom stereocenters. The van der Waals surface area contributed by atoms with Crippen molar-refractivity contribution in [2.45, 2.75) is 71.6 Å². The van der Waals surface area contributed by atoms with Crippen LogP contribution in [0, 0.1) is 0 Å². The summed E-state index contributed by atoms with van der Waals surface area (Å²) in [7, 11) is 0. The molecule has 1 aromatic carbocycles. The van der Waals surface area contributed by atoms with E-state index < -0.39 is 0 Å². The molecule has 0 atom stereocenters. The molecular formula is C18H27N5. The second-order valence-electron chi connectivity index (χ2n) is 6.48. The lowest BCUT2D eigenvalue weighted by molar-refractivity contribution is 0.234. The van der Waals surface area contributed by atoms with E-state index in [9.17, 15) is 0 Å². The smallest absolute Gasteiger partial charge is 0.165 e. The van der Waals surface area contributed by atoms with Crippen molar-refractivity contribution in [3.63, 3.8) is 0 Å². The number of aryl methyl sites for hydroxylation is 2. The summed E-state index contributed by atoms with van der Waals surface area (Å²) in [6.07, 6.45) is 5.97. The summed E-state index contributed by atoms with van der Waals surface area (Å²) in [5.41, 5.74) is 2.77. The lowest BCUT2D eigenvalue weighted by atomic mass is 10.1. The molecule has 1 aliphatic rings. The molecule has 5 heteroatoms. The molecule has 0 aliphatic heterocycles. The number of tetrazole rings is 1. The Labute approximate surface area is 138 Å². The Bertz CT molecular complexity index is 600. The molecule has 0 bridgehead atoms. The maximum absolute atomic E-state index is 4.25. The van der Waals surface area contributed by atoms with Gasteiger partial charge in [-0.25, -0.2) is 4.68 Å². The Morgan fingerprint density at radius 2 is 1.83 bits per heavy atom. The molecule has 1 fully saturated rings. The molecule has 1 saturated carbocycles. The van der Waals surface area contributed by atoms with E-state index in [0.29, 0.717) is 6.04 Å². The highest BCUT2D eigenvalue weighted by Crippen LogP contribution is 2.29. The van der Waals surface area contributed by atoms with Crippen LogP contribution in [0.3, 0.4) is 0 Å². The van der Waals surface area contributed by atoms with Gasteiger partial charge in [-0.3, -0.25) is 4.90 Å². The minimum atomic E-state index is 0.692. The van der Waals surface area contributed by atoms with Crippen LogP contribution in [0.2, 0.25) is 0 Å². The van der Waals surface area contributed by atoms with Gasteiger partial charge in [-0.1, -0.05) is 44.5 Å². The van der Waals surface area contributed by atoms with Crippen molar-refractivity contribution in [2.75, 3.05) is 0 Å². The maximum Gasteiger partial charge on any atom is 0.165 e. The predicted octanol–water partition coefficient (Wildman–Crippen LogP) is 3.20. The molecule has 3 rings (SSSR count). The van der Waals surface area contributed by atoms with Gasteiger partial charge in [0.15, 0.2) is 5.82 Å². The Balaban J connectivity index is 1.66. The van der Waals surface area contributed by atoms with Crippen LogP contribution >= 0.6 is 0 Å². The van der Waals surface area contributed by atoms with E-state index in [0.717, 1.165) is 44.7 Å². The van der Waals surface area contributed by atoms with Gasteiger partial charge in [0.05, 0.1) is 6.54 Å². The molecule has 23 heavy (non-hydrogen) atoms. The van der Waals surface area contributed by atoms with E-state index in [1.54, 1.807) is 0 Å². The fourth-order valence-electron chi connectivity index (χ4n) is 2.87. The molecule has 0 N–H and O–H groups in total. The van der Waals surface area contributed by atoms with Gasteiger partial charge < -0.3 is 0 Å². The minimum absolute atomic E-state index is 0.692. The van der Waals surface area contributed by atoms with Crippen LogP contribution in [-0.4, -0.2) is 31.1 Å². The van der Waals surface area contributed by atoms with E-state index >= 15 is 0 Å². The van der Waals surface area contributed by atoms with E-state index in [4.69, 9.17) is 0 Å². The van der Waals surface area contributed by atoms with Crippen molar-refractivity contribution in [3.8, 4) is 0 Å². The van der Waals surface area contributed by atoms with Gasteiger partial charge in [0, 0.05) is 19.1 Å². The number of hydrogen-bond donors (Lipinski definition) is 0. The quantitative estimate of drug-likeness (QED) is 0.713. The third kappa shape index (κ3) is 4.38. The number of hydrogen-bond acceptors (Lipinski definition) is 4. The SMILES string of the molecule is CCCCn1nnnc1CN(Cc1ccc(CC)cc1)C1CC1. The Kier molecular flexibility index (Phi) is 5.39. The molecule has 0 saturated heterocycles. The third-order valence-corrected chi connectivity index (χ3v) is 4.55. The van der Waals surface area contributed by atoms with Gasteiger partial charge >= 0.3 is 0 Å². The third-order valence-electron chi connectivity index (χ3n) is 4.55. The average molecular weight is 313 g/mol. The zero-order valence-electron chi connectivity index (χ0n) is 14.3. The normalized spacial score (nSPS) is 14.6. The zero-order valence-corrected chi connectivity index (χ0v) is 14.3.